The van der Waals surface area contributed by atoms with Crippen molar-refractivity contribution in [3.8, 4) is 0 Å². The summed E-state index contributed by atoms with van der Waals surface area (Å²) in [5.41, 5.74) is 2.73. The van der Waals surface area contributed by atoms with E-state index in [-0.39, 0.29) is 0 Å². The van der Waals surface area contributed by atoms with Crippen LogP contribution in [0.25, 0.3) is 0 Å². The van der Waals surface area contributed by atoms with Crippen molar-refractivity contribution in [1.29, 1.82) is 0 Å². The fraction of sp³-hybridized carbons (Fsp3) is 0.842. The molecular formula is C19H31N3O2. The zero-order valence-corrected chi connectivity index (χ0v) is 15.0. The van der Waals surface area contributed by atoms with Gasteiger partial charge in [0.2, 0.25) is 0 Å². The molecular weight excluding hydrogens is 302 g/mol. The SMILES string of the molecule is CCOC[C@H]1CN(CC2CCOCC2)Cc2cn(CC3CC3)nc21. The van der Waals surface area contributed by atoms with Gasteiger partial charge in [0.05, 0.1) is 12.3 Å². The van der Waals surface area contributed by atoms with Crippen LogP contribution in [0.1, 0.15) is 49.8 Å². The molecule has 1 atom stereocenters. The monoisotopic (exact) mass is 333 g/mol. The highest BCUT2D eigenvalue weighted by molar-refractivity contribution is 5.25. The lowest BCUT2D eigenvalue weighted by molar-refractivity contribution is 0.0444. The van der Waals surface area contributed by atoms with Crippen molar-refractivity contribution in [3.05, 3.63) is 17.5 Å². The summed E-state index contributed by atoms with van der Waals surface area (Å²) in [6, 6.07) is 0. The van der Waals surface area contributed by atoms with Gasteiger partial charge in [-0.15, -0.1) is 0 Å². The van der Waals surface area contributed by atoms with Gasteiger partial charge in [-0.1, -0.05) is 0 Å². The van der Waals surface area contributed by atoms with Crippen LogP contribution in [-0.4, -0.2) is 54.2 Å². The van der Waals surface area contributed by atoms with E-state index in [0.29, 0.717) is 5.92 Å². The van der Waals surface area contributed by atoms with Crippen molar-refractivity contribution in [2.24, 2.45) is 11.8 Å². The second-order valence-electron chi connectivity index (χ2n) is 7.81. The maximum atomic E-state index is 5.77. The van der Waals surface area contributed by atoms with E-state index in [2.05, 4.69) is 22.7 Å². The smallest absolute Gasteiger partial charge is 0.0736 e. The first-order valence-corrected chi connectivity index (χ1v) is 9.76. The van der Waals surface area contributed by atoms with Crippen molar-refractivity contribution in [2.75, 3.05) is 39.5 Å². The summed E-state index contributed by atoms with van der Waals surface area (Å²) in [5.74, 6) is 2.08. The molecule has 0 amide bonds. The Morgan fingerprint density at radius 2 is 1.96 bits per heavy atom. The van der Waals surface area contributed by atoms with Gasteiger partial charge in [-0.05, 0) is 44.4 Å². The first-order chi connectivity index (χ1) is 11.8. The molecule has 4 rings (SSSR count). The molecule has 134 valence electrons. The molecule has 1 aromatic rings. The van der Waals surface area contributed by atoms with Gasteiger partial charge in [0, 0.05) is 63.7 Å². The lowest BCUT2D eigenvalue weighted by atomic mass is 9.94. The molecule has 5 nitrogen and oxygen atoms in total. The van der Waals surface area contributed by atoms with E-state index in [9.17, 15) is 0 Å². The molecule has 2 aliphatic heterocycles. The number of fused-ring (bicyclic) bond motifs is 1. The topological polar surface area (TPSA) is 39.5 Å². The van der Waals surface area contributed by atoms with Crippen LogP contribution in [0.3, 0.4) is 0 Å². The Bertz CT molecular complexity index is 535. The van der Waals surface area contributed by atoms with Gasteiger partial charge >= 0.3 is 0 Å². The van der Waals surface area contributed by atoms with E-state index in [1.165, 1.54) is 43.5 Å². The zero-order chi connectivity index (χ0) is 16.4. The van der Waals surface area contributed by atoms with Crippen LogP contribution in [0.5, 0.6) is 0 Å². The standard InChI is InChI=1S/C19H31N3O2/c1-2-23-14-18-12-21(9-16-5-7-24-8-6-16)11-17-13-22(20-19(17)18)10-15-3-4-15/h13,15-16,18H,2-12,14H2,1H3/t18-/m1/s1. The van der Waals surface area contributed by atoms with Crippen LogP contribution in [0.15, 0.2) is 6.20 Å². The lowest BCUT2D eigenvalue weighted by Crippen LogP contribution is -2.39. The van der Waals surface area contributed by atoms with Crippen molar-refractivity contribution >= 4 is 0 Å². The fourth-order valence-electron chi connectivity index (χ4n) is 4.13. The van der Waals surface area contributed by atoms with Crippen LogP contribution >= 0.6 is 0 Å². The van der Waals surface area contributed by atoms with Gasteiger partial charge in [-0.3, -0.25) is 9.58 Å². The van der Waals surface area contributed by atoms with E-state index in [1.54, 1.807) is 0 Å². The molecule has 24 heavy (non-hydrogen) atoms. The normalized spacial score (nSPS) is 25.8. The first-order valence-electron chi connectivity index (χ1n) is 9.76. The Kier molecular flexibility index (Phi) is 5.20. The molecule has 5 heteroatoms. The summed E-state index contributed by atoms with van der Waals surface area (Å²) in [6.45, 7) is 9.98. The molecule has 0 spiro atoms. The third-order valence-electron chi connectivity index (χ3n) is 5.65. The average molecular weight is 333 g/mol. The minimum Gasteiger partial charge on any atom is -0.381 e. The first kappa shape index (κ1) is 16.6. The van der Waals surface area contributed by atoms with Crippen LogP contribution in [0.4, 0.5) is 0 Å². The molecule has 0 radical (unpaired) electrons. The highest BCUT2D eigenvalue weighted by Gasteiger charge is 2.31. The fourth-order valence-corrected chi connectivity index (χ4v) is 4.13. The average Bonchev–Trinajstić information content (AvgIpc) is 3.31. The van der Waals surface area contributed by atoms with Crippen LogP contribution in [0.2, 0.25) is 0 Å². The van der Waals surface area contributed by atoms with E-state index >= 15 is 0 Å². The summed E-state index contributed by atoms with van der Waals surface area (Å²) in [7, 11) is 0. The third-order valence-corrected chi connectivity index (χ3v) is 5.65. The maximum absolute atomic E-state index is 5.77. The Labute approximate surface area is 145 Å². The Morgan fingerprint density at radius 3 is 2.71 bits per heavy atom. The van der Waals surface area contributed by atoms with E-state index in [0.717, 1.165) is 57.9 Å². The Hall–Kier alpha value is -0.910. The number of aromatic nitrogens is 2. The number of nitrogens with zero attached hydrogens (tertiary/aromatic N) is 3. The van der Waals surface area contributed by atoms with Gasteiger partial charge in [0.15, 0.2) is 0 Å². The Morgan fingerprint density at radius 1 is 1.17 bits per heavy atom. The molecule has 3 heterocycles. The molecule has 3 aliphatic rings. The second-order valence-corrected chi connectivity index (χ2v) is 7.81. The quantitative estimate of drug-likeness (QED) is 0.769. The number of ether oxygens (including phenoxy) is 2. The Balaban J connectivity index is 1.45. The summed E-state index contributed by atoms with van der Waals surface area (Å²) in [6.07, 6.45) is 7.48. The molecule has 0 N–H and O–H groups in total. The second kappa shape index (κ2) is 7.54. The molecule has 0 aromatic carbocycles. The highest BCUT2D eigenvalue weighted by atomic mass is 16.5. The maximum Gasteiger partial charge on any atom is 0.0736 e. The molecule has 1 saturated heterocycles. The zero-order valence-electron chi connectivity index (χ0n) is 15.0. The van der Waals surface area contributed by atoms with Crippen LogP contribution in [-0.2, 0) is 22.6 Å². The number of rotatable bonds is 7. The highest BCUT2D eigenvalue weighted by Crippen LogP contribution is 2.33. The lowest BCUT2D eigenvalue weighted by Gasteiger charge is -2.35. The van der Waals surface area contributed by atoms with Crippen LogP contribution in [0, 0.1) is 11.8 Å². The summed E-state index contributed by atoms with van der Waals surface area (Å²) >= 11 is 0. The number of hydrogen-bond acceptors (Lipinski definition) is 4. The molecule has 0 bridgehead atoms. The van der Waals surface area contributed by atoms with Gasteiger partial charge < -0.3 is 9.47 Å². The molecule has 1 aliphatic carbocycles. The van der Waals surface area contributed by atoms with Gasteiger partial charge in [-0.2, -0.15) is 5.10 Å². The third kappa shape index (κ3) is 4.01. The molecule has 1 saturated carbocycles. The van der Waals surface area contributed by atoms with Crippen molar-refractivity contribution in [1.82, 2.24) is 14.7 Å². The van der Waals surface area contributed by atoms with E-state index < -0.39 is 0 Å². The molecule has 1 aromatic heterocycles. The largest absolute Gasteiger partial charge is 0.381 e. The minimum atomic E-state index is 0.425. The minimum absolute atomic E-state index is 0.425. The summed E-state index contributed by atoms with van der Waals surface area (Å²) in [5, 5.41) is 4.94. The van der Waals surface area contributed by atoms with E-state index in [4.69, 9.17) is 14.6 Å². The van der Waals surface area contributed by atoms with Crippen molar-refractivity contribution in [2.45, 2.75) is 51.6 Å². The van der Waals surface area contributed by atoms with Gasteiger partial charge in [0.1, 0.15) is 0 Å². The van der Waals surface area contributed by atoms with E-state index in [1.807, 2.05) is 0 Å². The van der Waals surface area contributed by atoms with Gasteiger partial charge in [-0.25, -0.2) is 0 Å². The van der Waals surface area contributed by atoms with Gasteiger partial charge in [0.25, 0.3) is 0 Å². The molecule has 0 unspecified atom stereocenters. The van der Waals surface area contributed by atoms with Crippen molar-refractivity contribution in [3.63, 3.8) is 0 Å². The molecule has 2 fully saturated rings. The predicted octanol–water partition coefficient (Wildman–Crippen LogP) is 2.66. The number of hydrogen-bond donors (Lipinski definition) is 0. The summed E-state index contributed by atoms with van der Waals surface area (Å²) in [4.78, 5) is 2.63. The van der Waals surface area contributed by atoms with Crippen molar-refractivity contribution < 1.29 is 9.47 Å². The summed E-state index contributed by atoms with van der Waals surface area (Å²) < 4.78 is 13.5. The predicted molar refractivity (Wildman–Crippen MR) is 93.0 cm³/mol. The van der Waals surface area contributed by atoms with Crippen LogP contribution < -0.4 is 0 Å².